The van der Waals surface area contributed by atoms with E-state index in [1.807, 2.05) is 50.2 Å². The summed E-state index contributed by atoms with van der Waals surface area (Å²) in [6.07, 6.45) is 2.84. The number of imide groups is 2. The molecule has 1 aliphatic heterocycles. The number of hydrogen-bond donors (Lipinski definition) is 1. The molecule has 0 spiro atoms. The number of nitrogens with zero attached hydrogens (tertiary/aromatic N) is 1. The van der Waals surface area contributed by atoms with E-state index >= 15 is 0 Å². The molecule has 4 rings (SSSR count). The number of carbonyl (C=O) groups excluding carboxylic acids is 3. The van der Waals surface area contributed by atoms with Gasteiger partial charge in [-0.15, -0.1) is 0 Å². The Labute approximate surface area is 172 Å². The van der Waals surface area contributed by atoms with Crippen molar-refractivity contribution in [1.82, 2.24) is 10.2 Å². The van der Waals surface area contributed by atoms with Gasteiger partial charge in [-0.1, -0.05) is 30.3 Å². The van der Waals surface area contributed by atoms with Crippen molar-refractivity contribution < 1.29 is 23.5 Å². The monoisotopic (exact) mass is 404 g/mol. The van der Waals surface area contributed by atoms with E-state index in [0.29, 0.717) is 17.1 Å². The highest BCUT2D eigenvalue weighted by atomic mass is 16.5. The van der Waals surface area contributed by atoms with Gasteiger partial charge in [-0.25, -0.2) is 4.79 Å². The van der Waals surface area contributed by atoms with Crippen LogP contribution in [0.1, 0.15) is 25.2 Å². The molecule has 4 amide bonds. The molecule has 7 heteroatoms. The fourth-order valence-corrected chi connectivity index (χ4v) is 3.32. The van der Waals surface area contributed by atoms with E-state index in [0.717, 1.165) is 15.7 Å². The van der Waals surface area contributed by atoms with Gasteiger partial charge < -0.3 is 9.15 Å². The van der Waals surface area contributed by atoms with Gasteiger partial charge in [-0.3, -0.25) is 19.8 Å². The van der Waals surface area contributed by atoms with Gasteiger partial charge in [-0.05, 0) is 48.9 Å². The van der Waals surface area contributed by atoms with Gasteiger partial charge in [0.05, 0.1) is 18.9 Å². The van der Waals surface area contributed by atoms with Crippen LogP contribution in [0.5, 0.6) is 5.75 Å². The van der Waals surface area contributed by atoms with Crippen molar-refractivity contribution in [3.05, 3.63) is 71.7 Å². The number of nitrogens with one attached hydrogen (secondary N) is 1. The third-order valence-corrected chi connectivity index (χ3v) is 4.66. The lowest BCUT2D eigenvalue weighted by molar-refractivity contribution is -0.130. The van der Waals surface area contributed by atoms with Crippen LogP contribution in [0, 0.1) is 0 Å². The van der Waals surface area contributed by atoms with E-state index < -0.39 is 17.8 Å². The third-order valence-electron chi connectivity index (χ3n) is 4.66. The van der Waals surface area contributed by atoms with E-state index in [-0.39, 0.29) is 18.2 Å². The van der Waals surface area contributed by atoms with Crippen LogP contribution >= 0.6 is 0 Å². The number of ether oxygens (including phenoxy) is 1. The molecule has 1 N–H and O–H groups in total. The number of amides is 4. The highest BCUT2D eigenvalue weighted by molar-refractivity contribution is 6.31. The first-order valence-electron chi connectivity index (χ1n) is 9.53. The van der Waals surface area contributed by atoms with Crippen LogP contribution in [-0.2, 0) is 16.1 Å². The Morgan fingerprint density at radius 3 is 2.60 bits per heavy atom. The quantitative estimate of drug-likeness (QED) is 0.515. The highest BCUT2D eigenvalue weighted by Gasteiger charge is 2.36. The first-order valence-corrected chi connectivity index (χ1v) is 9.53. The molecule has 1 saturated heterocycles. The van der Waals surface area contributed by atoms with Crippen molar-refractivity contribution in [2.45, 2.75) is 26.5 Å². The molecule has 1 fully saturated rings. The number of carbonyl (C=O) groups is 3. The Kier molecular flexibility index (Phi) is 5.10. The van der Waals surface area contributed by atoms with Crippen molar-refractivity contribution in [2.24, 2.45) is 0 Å². The lowest BCUT2D eigenvalue weighted by atomic mass is 9.99. The normalized spacial score (nSPS) is 15.9. The second-order valence-corrected chi connectivity index (χ2v) is 7.15. The fourth-order valence-electron chi connectivity index (χ4n) is 3.32. The second kappa shape index (κ2) is 7.87. The molecule has 0 aliphatic carbocycles. The minimum atomic E-state index is -0.782. The zero-order valence-corrected chi connectivity index (χ0v) is 16.5. The number of rotatable bonds is 5. The van der Waals surface area contributed by atoms with E-state index in [9.17, 15) is 14.4 Å². The molecule has 30 heavy (non-hydrogen) atoms. The Balaban J connectivity index is 1.81. The zero-order valence-electron chi connectivity index (χ0n) is 16.5. The molecule has 1 aliphatic rings. The number of benzene rings is 2. The molecule has 0 radical (unpaired) electrons. The largest absolute Gasteiger partial charge is 0.490 e. The lowest BCUT2D eigenvalue weighted by Crippen LogP contribution is -2.53. The number of hydrogen-bond acceptors (Lipinski definition) is 5. The second-order valence-electron chi connectivity index (χ2n) is 7.15. The summed E-state index contributed by atoms with van der Waals surface area (Å²) in [7, 11) is 0. The van der Waals surface area contributed by atoms with E-state index in [1.165, 1.54) is 12.3 Å². The van der Waals surface area contributed by atoms with Gasteiger partial charge in [-0.2, -0.15) is 0 Å². The van der Waals surface area contributed by atoms with Crippen LogP contribution in [0.15, 0.2) is 64.8 Å². The van der Waals surface area contributed by atoms with Crippen molar-refractivity contribution in [2.75, 3.05) is 0 Å². The molecule has 0 saturated carbocycles. The third kappa shape index (κ3) is 3.69. The molecule has 1 aromatic heterocycles. The smallest absolute Gasteiger partial charge is 0.331 e. The molecule has 0 atom stereocenters. The molecule has 7 nitrogen and oxygen atoms in total. The minimum Gasteiger partial charge on any atom is -0.490 e. The maximum Gasteiger partial charge on any atom is 0.331 e. The SMILES string of the molecule is CC(C)Oc1ccc2ccccc2c1C=C1C(=O)NC(=O)N(Cc2ccco2)C1=O. The van der Waals surface area contributed by atoms with Gasteiger partial charge in [0.2, 0.25) is 0 Å². The maximum atomic E-state index is 13.0. The molecule has 3 aromatic rings. The van der Waals surface area contributed by atoms with Crippen molar-refractivity contribution in [3.8, 4) is 5.75 Å². The van der Waals surface area contributed by atoms with Crippen molar-refractivity contribution in [3.63, 3.8) is 0 Å². The van der Waals surface area contributed by atoms with Crippen LogP contribution in [0.4, 0.5) is 4.79 Å². The van der Waals surface area contributed by atoms with Crippen LogP contribution in [0.2, 0.25) is 0 Å². The van der Waals surface area contributed by atoms with Crippen LogP contribution in [0.25, 0.3) is 16.8 Å². The summed E-state index contributed by atoms with van der Waals surface area (Å²) in [6.45, 7) is 3.72. The predicted octanol–water partition coefficient (Wildman–Crippen LogP) is 3.88. The van der Waals surface area contributed by atoms with Crippen molar-refractivity contribution >= 4 is 34.7 Å². The standard InChI is InChI=1S/C23H20N2O5/c1-14(2)30-20-10-9-15-6-3-4-8-17(15)18(20)12-19-21(26)24-23(28)25(22(19)27)13-16-7-5-11-29-16/h3-12,14H,13H2,1-2H3,(H,24,26,28). The molecule has 0 bridgehead atoms. The number of urea groups is 1. The molecule has 0 unspecified atom stereocenters. The number of furan rings is 1. The molecular formula is C23H20N2O5. The Morgan fingerprint density at radius 2 is 1.87 bits per heavy atom. The summed E-state index contributed by atoms with van der Waals surface area (Å²) in [5.74, 6) is -0.458. The van der Waals surface area contributed by atoms with Gasteiger partial charge in [0.15, 0.2) is 0 Å². The first-order chi connectivity index (χ1) is 14.4. The summed E-state index contributed by atoms with van der Waals surface area (Å²) < 4.78 is 11.2. The number of fused-ring (bicyclic) bond motifs is 1. The van der Waals surface area contributed by atoms with Gasteiger partial charge in [0.1, 0.15) is 17.1 Å². The summed E-state index contributed by atoms with van der Waals surface area (Å²) in [4.78, 5) is 38.8. The predicted molar refractivity (Wildman–Crippen MR) is 110 cm³/mol. The number of barbiturate groups is 1. The summed E-state index contributed by atoms with van der Waals surface area (Å²) in [5, 5.41) is 4.00. The lowest BCUT2D eigenvalue weighted by Gasteiger charge is -2.26. The van der Waals surface area contributed by atoms with E-state index in [1.54, 1.807) is 12.1 Å². The summed E-state index contributed by atoms with van der Waals surface area (Å²) in [5.41, 5.74) is 0.457. The van der Waals surface area contributed by atoms with E-state index in [4.69, 9.17) is 9.15 Å². The highest BCUT2D eigenvalue weighted by Crippen LogP contribution is 2.32. The molecular weight excluding hydrogens is 384 g/mol. The van der Waals surface area contributed by atoms with Gasteiger partial charge >= 0.3 is 6.03 Å². The summed E-state index contributed by atoms with van der Waals surface area (Å²) >= 11 is 0. The van der Waals surface area contributed by atoms with Crippen molar-refractivity contribution in [1.29, 1.82) is 0 Å². The Hall–Kier alpha value is -3.87. The Bertz CT molecular complexity index is 1160. The minimum absolute atomic E-state index is 0.0762. The van der Waals surface area contributed by atoms with Crippen LogP contribution in [0.3, 0.4) is 0 Å². The zero-order chi connectivity index (χ0) is 21.3. The average Bonchev–Trinajstić information content (AvgIpc) is 3.22. The topological polar surface area (TPSA) is 88.8 Å². The summed E-state index contributed by atoms with van der Waals surface area (Å²) in [6, 6.07) is 13.9. The van der Waals surface area contributed by atoms with E-state index in [2.05, 4.69) is 5.32 Å². The maximum absolute atomic E-state index is 13.0. The average molecular weight is 404 g/mol. The molecule has 2 heterocycles. The molecule has 2 aromatic carbocycles. The van der Waals surface area contributed by atoms with Crippen LogP contribution in [-0.4, -0.2) is 28.8 Å². The fraction of sp³-hybridized carbons (Fsp3) is 0.174. The van der Waals surface area contributed by atoms with Gasteiger partial charge in [0, 0.05) is 5.56 Å². The first kappa shape index (κ1) is 19.4. The van der Waals surface area contributed by atoms with Crippen LogP contribution < -0.4 is 10.1 Å². The Morgan fingerprint density at radius 1 is 1.07 bits per heavy atom. The van der Waals surface area contributed by atoms with Gasteiger partial charge in [0.25, 0.3) is 11.8 Å². The molecule has 152 valence electrons.